The summed E-state index contributed by atoms with van der Waals surface area (Å²) in [5.41, 5.74) is 4.03. The quantitative estimate of drug-likeness (QED) is 0.494. The predicted molar refractivity (Wildman–Crippen MR) is 113 cm³/mol. The molecule has 4 rings (SSSR count). The zero-order valence-electron chi connectivity index (χ0n) is 16.1. The molecule has 1 aliphatic rings. The minimum absolute atomic E-state index is 0.321. The number of rotatable bonds is 6. The summed E-state index contributed by atoms with van der Waals surface area (Å²) in [6.07, 6.45) is 4.98. The highest BCUT2D eigenvalue weighted by molar-refractivity contribution is 7.98. The van der Waals surface area contributed by atoms with E-state index in [2.05, 4.69) is 46.1 Å². The first-order valence-corrected chi connectivity index (χ1v) is 11.3. The van der Waals surface area contributed by atoms with Crippen molar-refractivity contribution in [3.63, 3.8) is 0 Å². The molecule has 0 radical (unpaired) electrons. The Morgan fingerprint density at radius 3 is 2.89 bits per heavy atom. The highest BCUT2D eigenvalue weighted by atomic mass is 32.2. The number of thiophene rings is 1. The van der Waals surface area contributed by atoms with E-state index in [0.717, 1.165) is 22.5 Å². The molecule has 1 aromatic carbocycles. The van der Waals surface area contributed by atoms with E-state index in [1.807, 2.05) is 23.5 Å². The lowest BCUT2D eigenvalue weighted by atomic mass is 9.95. The van der Waals surface area contributed by atoms with Gasteiger partial charge in [-0.05, 0) is 62.8 Å². The minimum atomic E-state index is 0.321. The van der Waals surface area contributed by atoms with Crippen LogP contribution in [0.2, 0.25) is 0 Å². The van der Waals surface area contributed by atoms with Crippen LogP contribution < -0.4 is 4.74 Å². The summed E-state index contributed by atoms with van der Waals surface area (Å²) >= 11 is 3.63. The molecular formula is C21H25N3OS2. The molecule has 142 valence electrons. The second kappa shape index (κ2) is 8.07. The van der Waals surface area contributed by atoms with Crippen molar-refractivity contribution in [1.82, 2.24) is 14.8 Å². The molecular weight excluding hydrogens is 374 g/mol. The molecule has 27 heavy (non-hydrogen) atoms. The molecule has 0 spiro atoms. The molecule has 0 N–H and O–H groups in total. The van der Waals surface area contributed by atoms with Crippen LogP contribution in [0.15, 0.2) is 34.8 Å². The minimum Gasteiger partial charge on any atom is -0.497 e. The van der Waals surface area contributed by atoms with Crippen LogP contribution in [-0.2, 0) is 18.6 Å². The number of fused-ring (bicyclic) bond motifs is 1. The Kier molecular flexibility index (Phi) is 5.55. The second-order valence-corrected chi connectivity index (χ2v) is 9.08. The van der Waals surface area contributed by atoms with Crippen molar-refractivity contribution in [3.8, 4) is 17.1 Å². The molecule has 0 saturated carbocycles. The van der Waals surface area contributed by atoms with Crippen molar-refractivity contribution in [2.45, 2.75) is 56.5 Å². The molecule has 0 fully saturated rings. The lowest BCUT2D eigenvalue weighted by molar-refractivity contribution is 0.414. The molecule has 4 nitrogen and oxygen atoms in total. The summed E-state index contributed by atoms with van der Waals surface area (Å²) < 4.78 is 7.63. The predicted octanol–water partition coefficient (Wildman–Crippen LogP) is 5.77. The van der Waals surface area contributed by atoms with Gasteiger partial charge in [-0.15, -0.1) is 21.5 Å². The molecule has 0 aliphatic heterocycles. The maximum absolute atomic E-state index is 5.33. The zero-order chi connectivity index (χ0) is 18.8. The van der Waals surface area contributed by atoms with Gasteiger partial charge < -0.3 is 4.74 Å². The maximum atomic E-state index is 5.33. The van der Waals surface area contributed by atoms with Crippen LogP contribution in [0.4, 0.5) is 0 Å². The Hall–Kier alpha value is -1.79. The number of aromatic nitrogens is 3. The summed E-state index contributed by atoms with van der Waals surface area (Å²) in [5.74, 6) is 2.77. The van der Waals surface area contributed by atoms with Gasteiger partial charge in [-0.25, -0.2) is 0 Å². The molecule has 3 aromatic rings. The summed E-state index contributed by atoms with van der Waals surface area (Å²) in [5, 5.41) is 12.4. The largest absolute Gasteiger partial charge is 0.497 e. The SMILES string of the molecule is COc1cccc(CSc2nnc(-c3csc4c3CCCC4)n2C(C)C)c1. The number of aryl methyl sites for hydroxylation is 1. The third-order valence-corrected chi connectivity index (χ3v) is 7.09. The third kappa shape index (κ3) is 3.78. The Morgan fingerprint density at radius 1 is 1.22 bits per heavy atom. The molecule has 0 atom stereocenters. The average Bonchev–Trinajstić information content (AvgIpc) is 3.30. The van der Waals surface area contributed by atoms with Crippen LogP contribution in [0.3, 0.4) is 0 Å². The van der Waals surface area contributed by atoms with Crippen molar-refractivity contribution in [3.05, 3.63) is 45.6 Å². The Balaban J connectivity index is 1.62. The second-order valence-electron chi connectivity index (χ2n) is 7.17. The molecule has 0 bridgehead atoms. The van der Waals surface area contributed by atoms with Gasteiger partial charge in [0.1, 0.15) is 5.75 Å². The topological polar surface area (TPSA) is 39.9 Å². The maximum Gasteiger partial charge on any atom is 0.192 e. The summed E-state index contributed by atoms with van der Waals surface area (Å²) in [6, 6.07) is 8.54. The monoisotopic (exact) mass is 399 g/mol. The first-order chi connectivity index (χ1) is 13.2. The highest BCUT2D eigenvalue weighted by Gasteiger charge is 2.23. The molecule has 6 heteroatoms. The number of benzene rings is 1. The van der Waals surface area contributed by atoms with E-state index in [0.29, 0.717) is 6.04 Å². The van der Waals surface area contributed by atoms with Gasteiger partial charge in [-0.2, -0.15) is 0 Å². The van der Waals surface area contributed by atoms with Gasteiger partial charge in [0.2, 0.25) is 0 Å². The summed E-state index contributed by atoms with van der Waals surface area (Å²) in [6.45, 7) is 4.42. The first-order valence-electron chi connectivity index (χ1n) is 9.47. The van der Waals surface area contributed by atoms with E-state index in [-0.39, 0.29) is 0 Å². The fourth-order valence-corrected chi connectivity index (χ4v) is 5.75. The van der Waals surface area contributed by atoms with E-state index in [1.165, 1.54) is 42.4 Å². The Labute approximate surface area is 169 Å². The van der Waals surface area contributed by atoms with Crippen LogP contribution in [0, 0.1) is 0 Å². The van der Waals surface area contributed by atoms with Gasteiger partial charge in [0.05, 0.1) is 7.11 Å². The van der Waals surface area contributed by atoms with Gasteiger partial charge in [-0.3, -0.25) is 4.57 Å². The summed E-state index contributed by atoms with van der Waals surface area (Å²) in [7, 11) is 1.70. The van der Waals surface area contributed by atoms with Crippen molar-refractivity contribution >= 4 is 23.1 Å². The zero-order valence-corrected chi connectivity index (χ0v) is 17.7. The van der Waals surface area contributed by atoms with E-state index < -0.39 is 0 Å². The van der Waals surface area contributed by atoms with Gasteiger partial charge >= 0.3 is 0 Å². The first kappa shape index (κ1) is 18.6. The normalized spacial score (nSPS) is 13.8. The van der Waals surface area contributed by atoms with Gasteiger partial charge in [-0.1, -0.05) is 23.9 Å². The number of hydrogen-bond acceptors (Lipinski definition) is 5. The molecule has 2 heterocycles. The Bertz CT molecular complexity index is 929. The number of thioether (sulfide) groups is 1. The number of methoxy groups -OCH3 is 1. The smallest absolute Gasteiger partial charge is 0.192 e. The standard InChI is InChI=1S/C21H25N3OS2/c1-14(2)24-20(18-13-26-19-10-5-4-9-17(18)19)22-23-21(24)27-12-15-7-6-8-16(11-15)25-3/h6-8,11,13-14H,4-5,9-10,12H2,1-3H3. The van der Waals surface area contributed by atoms with Crippen LogP contribution in [0.1, 0.15) is 48.7 Å². The lowest BCUT2D eigenvalue weighted by Gasteiger charge is -2.16. The average molecular weight is 400 g/mol. The van der Waals surface area contributed by atoms with Gasteiger partial charge in [0.15, 0.2) is 11.0 Å². The van der Waals surface area contributed by atoms with Crippen LogP contribution >= 0.6 is 23.1 Å². The van der Waals surface area contributed by atoms with Crippen LogP contribution in [-0.4, -0.2) is 21.9 Å². The van der Waals surface area contributed by atoms with Crippen molar-refractivity contribution < 1.29 is 4.74 Å². The van der Waals surface area contributed by atoms with E-state index in [1.54, 1.807) is 23.7 Å². The van der Waals surface area contributed by atoms with Crippen molar-refractivity contribution in [2.24, 2.45) is 0 Å². The van der Waals surface area contributed by atoms with Crippen molar-refractivity contribution in [1.29, 1.82) is 0 Å². The molecule has 1 aliphatic carbocycles. The van der Waals surface area contributed by atoms with E-state index in [4.69, 9.17) is 4.74 Å². The molecule has 0 unspecified atom stereocenters. The fraction of sp³-hybridized carbons (Fsp3) is 0.429. The highest BCUT2D eigenvalue weighted by Crippen LogP contribution is 2.38. The van der Waals surface area contributed by atoms with Crippen LogP contribution in [0.5, 0.6) is 5.75 Å². The van der Waals surface area contributed by atoms with Gasteiger partial charge in [0, 0.05) is 27.6 Å². The Morgan fingerprint density at radius 2 is 2.07 bits per heavy atom. The lowest BCUT2D eigenvalue weighted by Crippen LogP contribution is -2.07. The fourth-order valence-electron chi connectivity index (χ4n) is 3.62. The molecule has 0 amide bonds. The number of ether oxygens (including phenoxy) is 1. The van der Waals surface area contributed by atoms with Crippen molar-refractivity contribution in [2.75, 3.05) is 7.11 Å². The number of hydrogen-bond donors (Lipinski definition) is 0. The van der Waals surface area contributed by atoms with E-state index in [9.17, 15) is 0 Å². The molecule has 0 saturated heterocycles. The van der Waals surface area contributed by atoms with Gasteiger partial charge in [0.25, 0.3) is 0 Å². The third-order valence-electron chi connectivity index (χ3n) is 4.99. The number of nitrogens with zero attached hydrogens (tertiary/aromatic N) is 3. The van der Waals surface area contributed by atoms with Crippen LogP contribution in [0.25, 0.3) is 11.4 Å². The van der Waals surface area contributed by atoms with E-state index >= 15 is 0 Å². The molecule has 2 aromatic heterocycles. The summed E-state index contributed by atoms with van der Waals surface area (Å²) in [4.78, 5) is 1.54.